The first kappa shape index (κ1) is 15.1. The number of amides is 1. The van der Waals surface area contributed by atoms with Gasteiger partial charge in [-0.25, -0.2) is 8.78 Å². The summed E-state index contributed by atoms with van der Waals surface area (Å²) in [6.45, 7) is 0.512. The van der Waals surface area contributed by atoms with Crippen LogP contribution in [0.3, 0.4) is 0 Å². The van der Waals surface area contributed by atoms with Gasteiger partial charge in [0.05, 0.1) is 0 Å². The molecule has 0 aliphatic heterocycles. The van der Waals surface area contributed by atoms with E-state index in [0.717, 1.165) is 17.7 Å². The molecule has 2 aromatic carbocycles. The minimum Gasteiger partial charge on any atom is -0.348 e. The van der Waals surface area contributed by atoms with Gasteiger partial charge in [0, 0.05) is 23.7 Å². The zero-order valence-corrected chi connectivity index (χ0v) is 11.4. The lowest BCUT2D eigenvalue weighted by atomic mass is 10.1. The summed E-state index contributed by atoms with van der Waals surface area (Å²) < 4.78 is 26.3. The Morgan fingerprint density at radius 1 is 1.14 bits per heavy atom. The van der Waals surface area contributed by atoms with E-state index in [2.05, 4.69) is 5.32 Å². The molecule has 5 heteroatoms. The molecule has 0 saturated carbocycles. The normalized spacial score (nSPS) is 10.4. The molecule has 0 unspecified atom stereocenters. The van der Waals surface area contributed by atoms with Gasteiger partial charge < -0.3 is 11.1 Å². The summed E-state index contributed by atoms with van der Waals surface area (Å²) in [4.78, 5) is 12.0. The Balaban J connectivity index is 2.02. The van der Waals surface area contributed by atoms with E-state index < -0.39 is 11.6 Å². The summed E-state index contributed by atoms with van der Waals surface area (Å²) in [5, 5.41) is 2.61. The lowest BCUT2D eigenvalue weighted by Crippen LogP contribution is -2.23. The third-order valence-electron chi connectivity index (χ3n) is 3.08. The fourth-order valence-electron chi connectivity index (χ4n) is 1.98. The van der Waals surface area contributed by atoms with Crippen LogP contribution in [0.2, 0.25) is 0 Å². The maximum Gasteiger partial charge on any atom is 0.251 e. The summed E-state index contributed by atoms with van der Waals surface area (Å²) in [5.74, 6) is -1.62. The van der Waals surface area contributed by atoms with Crippen LogP contribution in [0.5, 0.6) is 0 Å². The second-order valence-corrected chi connectivity index (χ2v) is 4.66. The molecule has 21 heavy (non-hydrogen) atoms. The van der Waals surface area contributed by atoms with Gasteiger partial charge >= 0.3 is 0 Å². The van der Waals surface area contributed by atoms with Crippen LogP contribution in [-0.4, -0.2) is 12.5 Å². The highest BCUT2D eigenvalue weighted by molar-refractivity contribution is 5.94. The van der Waals surface area contributed by atoms with Crippen molar-refractivity contribution in [2.45, 2.75) is 13.0 Å². The fourth-order valence-corrected chi connectivity index (χ4v) is 1.98. The van der Waals surface area contributed by atoms with Crippen LogP contribution >= 0.6 is 0 Å². The van der Waals surface area contributed by atoms with Gasteiger partial charge in [-0.2, -0.15) is 0 Å². The number of halogens is 2. The number of nitrogens with one attached hydrogen (secondary N) is 1. The fraction of sp³-hybridized carbons (Fsp3) is 0.188. The SMILES string of the molecule is NCCc1cccc(C(=O)NCc2ccc(F)cc2F)c1. The average Bonchev–Trinajstić information content (AvgIpc) is 2.47. The molecule has 0 fully saturated rings. The Morgan fingerprint density at radius 3 is 2.67 bits per heavy atom. The molecule has 0 atom stereocenters. The van der Waals surface area contributed by atoms with Crippen molar-refractivity contribution < 1.29 is 13.6 Å². The smallest absolute Gasteiger partial charge is 0.251 e. The summed E-state index contributed by atoms with van der Waals surface area (Å²) >= 11 is 0. The number of hydrogen-bond acceptors (Lipinski definition) is 2. The van der Waals surface area contributed by atoms with Gasteiger partial charge in [-0.1, -0.05) is 18.2 Å². The summed E-state index contributed by atoms with van der Waals surface area (Å²) in [6, 6.07) is 10.4. The van der Waals surface area contributed by atoms with Crippen LogP contribution in [0, 0.1) is 11.6 Å². The maximum absolute atomic E-state index is 13.5. The quantitative estimate of drug-likeness (QED) is 0.888. The Morgan fingerprint density at radius 2 is 1.95 bits per heavy atom. The van der Waals surface area contributed by atoms with Crippen LogP contribution in [0.1, 0.15) is 21.5 Å². The molecule has 0 aliphatic rings. The lowest BCUT2D eigenvalue weighted by Gasteiger charge is -2.08. The molecule has 2 aromatic rings. The van der Waals surface area contributed by atoms with Crippen LogP contribution in [0.15, 0.2) is 42.5 Å². The standard InChI is InChI=1S/C16H16F2N2O/c17-14-5-4-13(15(18)9-14)10-20-16(21)12-3-1-2-11(8-12)6-7-19/h1-5,8-9H,6-7,10,19H2,(H,20,21). The molecule has 3 nitrogen and oxygen atoms in total. The Bertz CT molecular complexity index is 644. The highest BCUT2D eigenvalue weighted by Gasteiger charge is 2.08. The van der Waals surface area contributed by atoms with E-state index in [1.807, 2.05) is 6.07 Å². The molecule has 0 aromatic heterocycles. The summed E-state index contributed by atoms with van der Waals surface area (Å²) in [7, 11) is 0. The summed E-state index contributed by atoms with van der Waals surface area (Å²) in [6.07, 6.45) is 0.688. The number of carbonyl (C=O) groups excluding carboxylic acids is 1. The monoisotopic (exact) mass is 290 g/mol. The van der Waals surface area contributed by atoms with E-state index >= 15 is 0 Å². The Hall–Kier alpha value is -2.27. The average molecular weight is 290 g/mol. The Labute approximate surface area is 121 Å². The molecule has 0 bridgehead atoms. The largest absolute Gasteiger partial charge is 0.348 e. The van der Waals surface area contributed by atoms with Crippen molar-refractivity contribution >= 4 is 5.91 Å². The van der Waals surface area contributed by atoms with E-state index in [9.17, 15) is 13.6 Å². The van der Waals surface area contributed by atoms with Crippen LogP contribution in [-0.2, 0) is 13.0 Å². The number of carbonyl (C=O) groups is 1. The number of nitrogens with two attached hydrogens (primary N) is 1. The first-order valence-corrected chi connectivity index (χ1v) is 6.61. The second kappa shape index (κ2) is 6.95. The predicted molar refractivity (Wildman–Crippen MR) is 76.7 cm³/mol. The van der Waals surface area contributed by atoms with Crippen molar-refractivity contribution in [2.75, 3.05) is 6.54 Å². The van der Waals surface area contributed by atoms with E-state index in [4.69, 9.17) is 5.73 Å². The number of benzene rings is 2. The molecule has 1 amide bonds. The maximum atomic E-state index is 13.5. The van der Waals surface area contributed by atoms with Gasteiger partial charge in [-0.15, -0.1) is 0 Å². The molecular formula is C16H16F2N2O. The second-order valence-electron chi connectivity index (χ2n) is 4.66. The third-order valence-corrected chi connectivity index (χ3v) is 3.08. The first-order chi connectivity index (χ1) is 10.1. The van der Waals surface area contributed by atoms with Crippen molar-refractivity contribution in [3.8, 4) is 0 Å². The van der Waals surface area contributed by atoms with Crippen molar-refractivity contribution in [3.05, 3.63) is 70.8 Å². The van der Waals surface area contributed by atoms with Crippen molar-refractivity contribution in [1.82, 2.24) is 5.32 Å². The van der Waals surface area contributed by atoms with E-state index in [0.29, 0.717) is 18.5 Å². The minimum atomic E-state index is -0.674. The van der Waals surface area contributed by atoms with Gasteiger partial charge in [-0.05, 0) is 36.7 Å². The number of rotatable bonds is 5. The third kappa shape index (κ3) is 4.10. The molecule has 0 radical (unpaired) electrons. The molecular weight excluding hydrogens is 274 g/mol. The van der Waals surface area contributed by atoms with Crippen LogP contribution in [0.4, 0.5) is 8.78 Å². The Kier molecular flexibility index (Phi) is 5.00. The molecule has 2 rings (SSSR count). The lowest BCUT2D eigenvalue weighted by molar-refractivity contribution is 0.0950. The van der Waals surface area contributed by atoms with E-state index in [-0.39, 0.29) is 18.0 Å². The topological polar surface area (TPSA) is 55.1 Å². The van der Waals surface area contributed by atoms with Gasteiger partial charge in [0.2, 0.25) is 0 Å². The molecule has 0 saturated heterocycles. The highest BCUT2D eigenvalue weighted by Crippen LogP contribution is 2.10. The molecule has 0 spiro atoms. The van der Waals surface area contributed by atoms with Gasteiger partial charge in [0.1, 0.15) is 11.6 Å². The highest BCUT2D eigenvalue weighted by atomic mass is 19.1. The zero-order valence-electron chi connectivity index (χ0n) is 11.4. The van der Waals surface area contributed by atoms with Crippen molar-refractivity contribution in [2.24, 2.45) is 5.73 Å². The van der Waals surface area contributed by atoms with Crippen LogP contribution < -0.4 is 11.1 Å². The van der Waals surface area contributed by atoms with E-state index in [1.165, 1.54) is 6.07 Å². The minimum absolute atomic E-state index is 0.00602. The predicted octanol–water partition coefficient (Wildman–Crippen LogP) is 2.40. The van der Waals surface area contributed by atoms with Gasteiger partial charge in [0.25, 0.3) is 5.91 Å². The van der Waals surface area contributed by atoms with Gasteiger partial charge in [0.15, 0.2) is 0 Å². The van der Waals surface area contributed by atoms with Crippen LogP contribution in [0.25, 0.3) is 0 Å². The number of hydrogen-bond donors (Lipinski definition) is 2. The molecule has 0 heterocycles. The molecule has 0 aliphatic carbocycles. The van der Waals surface area contributed by atoms with Gasteiger partial charge in [-0.3, -0.25) is 4.79 Å². The van der Waals surface area contributed by atoms with E-state index in [1.54, 1.807) is 18.2 Å². The van der Waals surface area contributed by atoms with Crippen molar-refractivity contribution in [1.29, 1.82) is 0 Å². The summed E-state index contributed by atoms with van der Waals surface area (Å²) in [5.41, 5.74) is 7.18. The first-order valence-electron chi connectivity index (χ1n) is 6.61. The molecule has 110 valence electrons. The molecule has 3 N–H and O–H groups in total. The zero-order chi connectivity index (χ0) is 15.2. The van der Waals surface area contributed by atoms with Crippen molar-refractivity contribution in [3.63, 3.8) is 0 Å².